The largest absolute Gasteiger partial charge is 0.349 e. The van der Waals surface area contributed by atoms with Crippen molar-refractivity contribution in [3.63, 3.8) is 0 Å². The number of thiophene rings is 1. The van der Waals surface area contributed by atoms with Crippen LogP contribution >= 0.6 is 22.7 Å². The van der Waals surface area contributed by atoms with Crippen LogP contribution in [-0.2, 0) is 17.8 Å². The Morgan fingerprint density at radius 2 is 1.86 bits per heavy atom. The van der Waals surface area contributed by atoms with E-state index in [9.17, 15) is 9.59 Å². The second-order valence-corrected chi connectivity index (χ2v) is 8.58. The van der Waals surface area contributed by atoms with Crippen molar-refractivity contribution in [1.29, 1.82) is 0 Å². The van der Waals surface area contributed by atoms with Gasteiger partial charge >= 0.3 is 0 Å². The van der Waals surface area contributed by atoms with Gasteiger partial charge in [0.15, 0.2) is 0 Å². The lowest BCUT2D eigenvalue weighted by Gasteiger charge is -2.18. The Hall–Kier alpha value is -2.51. The Bertz CT molecular complexity index is 905. The first-order chi connectivity index (χ1) is 13.5. The van der Waals surface area contributed by atoms with Gasteiger partial charge < -0.3 is 10.6 Å². The first kappa shape index (κ1) is 20.2. The minimum atomic E-state index is -0.653. The predicted octanol–water partition coefficient (Wildman–Crippen LogP) is 3.99. The van der Waals surface area contributed by atoms with Crippen molar-refractivity contribution >= 4 is 34.5 Å². The molecular weight excluding hydrogens is 390 g/mol. The minimum absolute atomic E-state index is 0.215. The summed E-state index contributed by atoms with van der Waals surface area (Å²) in [7, 11) is 0. The first-order valence-corrected chi connectivity index (χ1v) is 10.9. The van der Waals surface area contributed by atoms with E-state index < -0.39 is 6.04 Å². The van der Waals surface area contributed by atoms with E-state index in [1.165, 1.54) is 11.3 Å². The lowest BCUT2D eigenvalue weighted by molar-refractivity contribution is -0.123. The van der Waals surface area contributed by atoms with Crippen LogP contribution in [0.1, 0.15) is 45.7 Å². The van der Waals surface area contributed by atoms with Crippen LogP contribution < -0.4 is 10.6 Å². The Balaban J connectivity index is 1.67. The van der Waals surface area contributed by atoms with Crippen LogP contribution in [0, 0.1) is 0 Å². The van der Waals surface area contributed by atoms with Crippen LogP contribution in [0.15, 0.2) is 53.2 Å². The molecule has 0 aliphatic rings. The Labute approximate surface area is 172 Å². The van der Waals surface area contributed by atoms with Crippen molar-refractivity contribution in [3.05, 3.63) is 74.4 Å². The molecule has 1 aromatic carbocycles. The average Bonchev–Trinajstić information content (AvgIpc) is 3.38. The van der Waals surface area contributed by atoms with Crippen molar-refractivity contribution in [2.75, 3.05) is 0 Å². The summed E-state index contributed by atoms with van der Waals surface area (Å²) in [5.74, 6) is -0.0833. The smallest absolute Gasteiger partial charge is 0.262 e. The van der Waals surface area contributed by atoms with E-state index in [-0.39, 0.29) is 11.8 Å². The van der Waals surface area contributed by atoms with Gasteiger partial charge in [0.1, 0.15) is 6.04 Å². The predicted molar refractivity (Wildman–Crippen MR) is 114 cm³/mol. The molecule has 0 spiro atoms. The lowest BCUT2D eigenvalue weighted by Crippen LogP contribution is -2.47. The number of hydrogen-bond donors (Lipinski definition) is 2. The van der Waals surface area contributed by atoms with Gasteiger partial charge in [-0.05, 0) is 17.0 Å². The molecule has 0 fully saturated rings. The molecule has 0 saturated carbocycles. The third kappa shape index (κ3) is 5.50. The number of nitrogens with one attached hydrogen (secondary N) is 2. The number of nitrogens with zero attached hydrogens (tertiary/aromatic N) is 1. The Morgan fingerprint density at radius 1 is 1.07 bits per heavy atom. The molecule has 0 aliphatic heterocycles. The maximum absolute atomic E-state index is 12.8. The van der Waals surface area contributed by atoms with E-state index in [0.717, 1.165) is 16.3 Å². The maximum atomic E-state index is 12.8. The van der Waals surface area contributed by atoms with Crippen molar-refractivity contribution in [2.24, 2.45) is 0 Å². The van der Waals surface area contributed by atoms with E-state index in [1.807, 2.05) is 47.2 Å². The first-order valence-electron chi connectivity index (χ1n) is 9.13. The fraction of sp³-hybridized carbons (Fsp3) is 0.286. The van der Waals surface area contributed by atoms with Crippen LogP contribution in [0.4, 0.5) is 0 Å². The summed E-state index contributed by atoms with van der Waals surface area (Å²) in [6.07, 6.45) is 0.429. The summed E-state index contributed by atoms with van der Waals surface area (Å²) in [5.41, 5.74) is 1.83. The zero-order valence-electron chi connectivity index (χ0n) is 15.8. The fourth-order valence-corrected chi connectivity index (χ4v) is 4.13. The van der Waals surface area contributed by atoms with Crippen LogP contribution in [0.3, 0.4) is 0 Å². The summed E-state index contributed by atoms with van der Waals surface area (Å²) in [5, 5.41) is 10.6. The highest BCUT2D eigenvalue weighted by Crippen LogP contribution is 2.19. The summed E-state index contributed by atoms with van der Waals surface area (Å²) in [4.78, 5) is 30.4. The summed E-state index contributed by atoms with van der Waals surface area (Å²) >= 11 is 2.95. The van der Waals surface area contributed by atoms with Gasteiger partial charge in [-0.15, -0.1) is 22.7 Å². The van der Waals surface area contributed by atoms with Gasteiger partial charge in [-0.3, -0.25) is 9.59 Å². The molecule has 0 saturated heterocycles. The van der Waals surface area contributed by atoms with Gasteiger partial charge in [-0.1, -0.05) is 50.2 Å². The summed E-state index contributed by atoms with van der Waals surface area (Å²) in [6.45, 7) is 4.54. The van der Waals surface area contributed by atoms with Crippen LogP contribution in [0.2, 0.25) is 0 Å². The number of thiazole rings is 1. The lowest BCUT2D eigenvalue weighted by atomic mass is 10.1. The number of carbonyl (C=O) groups excluding carboxylic acids is 2. The second-order valence-electron chi connectivity index (χ2n) is 6.74. The van der Waals surface area contributed by atoms with Crippen LogP contribution in [0.5, 0.6) is 0 Å². The molecule has 5 nitrogen and oxygen atoms in total. The normalized spacial score (nSPS) is 12.0. The third-order valence-corrected chi connectivity index (χ3v) is 6.22. The molecule has 2 heterocycles. The second kappa shape index (κ2) is 9.61. The average molecular weight is 414 g/mol. The molecule has 28 heavy (non-hydrogen) atoms. The zero-order chi connectivity index (χ0) is 19.9. The molecule has 2 aromatic heterocycles. The molecule has 2 amide bonds. The molecule has 0 radical (unpaired) electrons. The van der Waals surface area contributed by atoms with Crippen LogP contribution in [-0.4, -0.2) is 22.8 Å². The summed E-state index contributed by atoms with van der Waals surface area (Å²) < 4.78 is 0. The fourth-order valence-electron chi connectivity index (χ4n) is 2.67. The van der Waals surface area contributed by atoms with Crippen molar-refractivity contribution in [3.8, 4) is 0 Å². The third-order valence-electron chi connectivity index (χ3n) is 4.16. The number of benzene rings is 1. The minimum Gasteiger partial charge on any atom is -0.349 e. The van der Waals surface area contributed by atoms with E-state index in [0.29, 0.717) is 23.8 Å². The Kier molecular flexibility index (Phi) is 6.95. The number of hydrogen-bond acceptors (Lipinski definition) is 5. The number of carbonyl (C=O) groups is 2. The van der Waals surface area contributed by atoms with Gasteiger partial charge in [0.05, 0.1) is 22.1 Å². The highest BCUT2D eigenvalue weighted by atomic mass is 32.1. The molecular formula is C21H23N3O2S2. The van der Waals surface area contributed by atoms with Crippen molar-refractivity contribution in [2.45, 2.75) is 38.8 Å². The van der Waals surface area contributed by atoms with Crippen molar-refractivity contribution in [1.82, 2.24) is 15.6 Å². The van der Waals surface area contributed by atoms with E-state index in [4.69, 9.17) is 0 Å². The molecule has 0 aliphatic carbocycles. The van der Waals surface area contributed by atoms with Gasteiger partial charge in [-0.2, -0.15) is 0 Å². The molecule has 7 heteroatoms. The van der Waals surface area contributed by atoms with Gasteiger partial charge in [0.2, 0.25) is 5.91 Å². The molecule has 1 atom stereocenters. The SMILES string of the molecule is CC(C)c1nc(CNC(=O)C(Cc2ccccc2)NC(=O)c2cccs2)cs1. The van der Waals surface area contributed by atoms with E-state index in [2.05, 4.69) is 29.5 Å². The topological polar surface area (TPSA) is 71.1 Å². The molecule has 1 unspecified atom stereocenters. The van der Waals surface area contributed by atoms with E-state index >= 15 is 0 Å². The standard InChI is InChI=1S/C21H23N3O2S2/c1-14(2)21-23-16(13-28-21)12-22-19(25)17(11-15-7-4-3-5-8-15)24-20(26)18-9-6-10-27-18/h3-10,13-14,17H,11-12H2,1-2H3,(H,22,25)(H,24,26). The van der Waals surface area contributed by atoms with E-state index in [1.54, 1.807) is 17.4 Å². The molecule has 3 aromatic rings. The van der Waals surface area contributed by atoms with Gasteiger partial charge in [-0.25, -0.2) is 4.98 Å². The maximum Gasteiger partial charge on any atom is 0.262 e. The van der Waals surface area contributed by atoms with Gasteiger partial charge in [0.25, 0.3) is 5.91 Å². The van der Waals surface area contributed by atoms with Gasteiger partial charge in [0, 0.05) is 17.7 Å². The molecule has 0 bridgehead atoms. The molecule has 2 N–H and O–H groups in total. The quantitative estimate of drug-likeness (QED) is 0.587. The highest BCUT2D eigenvalue weighted by Gasteiger charge is 2.22. The number of rotatable bonds is 8. The number of amides is 2. The Morgan fingerprint density at radius 3 is 2.50 bits per heavy atom. The zero-order valence-corrected chi connectivity index (χ0v) is 17.5. The summed E-state index contributed by atoms with van der Waals surface area (Å²) in [6, 6.07) is 12.6. The highest BCUT2D eigenvalue weighted by molar-refractivity contribution is 7.12. The molecule has 146 valence electrons. The molecule has 3 rings (SSSR count). The van der Waals surface area contributed by atoms with Crippen LogP contribution in [0.25, 0.3) is 0 Å². The van der Waals surface area contributed by atoms with Crippen molar-refractivity contribution < 1.29 is 9.59 Å². The monoisotopic (exact) mass is 413 g/mol. The number of aromatic nitrogens is 1.